The van der Waals surface area contributed by atoms with E-state index in [-0.39, 0.29) is 16.6 Å². The second-order valence-electron chi connectivity index (χ2n) is 3.66. The van der Waals surface area contributed by atoms with Gasteiger partial charge in [0, 0.05) is 6.54 Å². The van der Waals surface area contributed by atoms with E-state index in [2.05, 4.69) is 15.3 Å². The number of nitrogens with one attached hydrogen (secondary N) is 1. The molecule has 100 valence electrons. The molecule has 18 heavy (non-hydrogen) atoms. The van der Waals surface area contributed by atoms with Gasteiger partial charge in [-0.1, -0.05) is 30.3 Å². The number of nitrogens with zero attached hydrogens (tertiary/aromatic N) is 2. The lowest BCUT2D eigenvalue weighted by Gasteiger charge is -2.09. The van der Waals surface area contributed by atoms with Crippen molar-refractivity contribution in [1.29, 1.82) is 0 Å². The number of halogens is 1. The van der Waals surface area contributed by atoms with Crippen LogP contribution in [0.4, 0.5) is 0 Å². The molecule has 0 aliphatic rings. The van der Waals surface area contributed by atoms with Crippen LogP contribution in [0.15, 0.2) is 11.4 Å². The van der Waals surface area contributed by atoms with E-state index in [0.29, 0.717) is 24.5 Å². The average molecular weight is 290 g/mol. The highest BCUT2D eigenvalue weighted by Gasteiger charge is 2.13. The van der Waals surface area contributed by atoms with Gasteiger partial charge in [0.25, 0.3) is 5.91 Å². The van der Waals surface area contributed by atoms with E-state index < -0.39 is 6.10 Å². The predicted molar refractivity (Wildman–Crippen MR) is 72.1 cm³/mol. The average Bonchev–Trinajstić information content (AvgIpc) is 2.38. The van der Waals surface area contributed by atoms with Gasteiger partial charge in [-0.25, -0.2) is 9.97 Å². The van der Waals surface area contributed by atoms with Gasteiger partial charge in [-0.15, -0.1) is 0 Å². The molecule has 7 heteroatoms. The minimum Gasteiger partial charge on any atom is -0.393 e. The maximum absolute atomic E-state index is 11.8. The van der Waals surface area contributed by atoms with Gasteiger partial charge < -0.3 is 10.4 Å². The molecule has 1 aromatic rings. The van der Waals surface area contributed by atoms with E-state index >= 15 is 0 Å². The highest BCUT2D eigenvalue weighted by Crippen LogP contribution is 2.16. The fourth-order valence-electron chi connectivity index (χ4n) is 1.25. The smallest absolute Gasteiger partial charge is 0.271 e. The molecule has 5 nitrogen and oxygen atoms in total. The summed E-state index contributed by atoms with van der Waals surface area (Å²) in [4.78, 5) is 19.8. The van der Waals surface area contributed by atoms with Crippen LogP contribution in [0.2, 0.25) is 5.02 Å². The minimum absolute atomic E-state index is 0.169. The van der Waals surface area contributed by atoms with Crippen LogP contribution in [0.25, 0.3) is 0 Å². The van der Waals surface area contributed by atoms with Crippen molar-refractivity contribution in [3.05, 3.63) is 16.9 Å². The van der Waals surface area contributed by atoms with Crippen LogP contribution < -0.4 is 5.32 Å². The second-order valence-corrected chi connectivity index (χ2v) is 4.84. The third-order valence-corrected chi connectivity index (χ3v) is 3.19. The first-order valence-corrected chi connectivity index (χ1v) is 7.21. The van der Waals surface area contributed by atoms with Crippen LogP contribution in [-0.4, -0.2) is 39.9 Å². The van der Waals surface area contributed by atoms with E-state index in [0.717, 1.165) is 0 Å². The Labute approximate surface area is 115 Å². The molecular weight excluding hydrogens is 274 g/mol. The molecule has 1 atom stereocenters. The summed E-state index contributed by atoms with van der Waals surface area (Å²) in [7, 11) is 0. The largest absolute Gasteiger partial charge is 0.393 e. The fourth-order valence-corrected chi connectivity index (χ4v) is 1.77. The van der Waals surface area contributed by atoms with Crippen LogP contribution in [0.5, 0.6) is 0 Å². The third-order valence-electron chi connectivity index (χ3n) is 2.35. The van der Waals surface area contributed by atoms with E-state index in [9.17, 15) is 9.90 Å². The van der Waals surface area contributed by atoms with Gasteiger partial charge in [0.15, 0.2) is 10.9 Å². The summed E-state index contributed by atoms with van der Waals surface area (Å²) in [6.07, 6.45) is 4.02. The van der Waals surface area contributed by atoms with Crippen molar-refractivity contribution in [3.63, 3.8) is 0 Å². The maximum atomic E-state index is 11.8. The van der Waals surface area contributed by atoms with Crippen molar-refractivity contribution in [3.8, 4) is 0 Å². The monoisotopic (exact) mass is 289 g/mol. The molecule has 0 aliphatic carbocycles. The molecule has 1 aromatic heterocycles. The number of aromatic nitrogens is 2. The van der Waals surface area contributed by atoms with Crippen molar-refractivity contribution in [2.75, 3.05) is 12.8 Å². The zero-order valence-electron chi connectivity index (χ0n) is 10.3. The van der Waals surface area contributed by atoms with Crippen molar-refractivity contribution < 1.29 is 9.90 Å². The van der Waals surface area contributed by atoms with Crippen molar-refractivity contribution in [2.24, 2.45) is 0 Å². The Bertz CT molecular complexity index is 417. The van der Waals surface area contributed by atoms with Crippen molar-refractivity contribution in [2.45, 2.75) is 31.0 Å². The van der Waals surface area contributed by atoms with Gasteiger partial charge in [0.05, 0.1) is 17.3 Å². The Hall–Kier alpha value is -0.850. The van der Waals surface area contributed by atoms with Gasteiger partial charge in [0.2, 0.25) is 0 Å². The minimum atomic E-state index is -0.395. The number of aliphatic hydroxyl groups excluding tert-OH is 1. The van der Waals surface area contributed by atoms with Gasteiger partial charge in [-0.3, -0.25) is 4.79 Å². The summed E-state index contributed by atoms with van der Waals surface area (Å²) in [6, 6.07) is 0. The number of carbonyl (C=O) groups excluding carboxylic acids is 1. The first-order chi connectivity index (χ1) is 8.58. The Balaban J connectivity index is 2.61. The normalized spacial score (nSPS) is 12.2. The molecule has 0 fully saturated rings. The number of thioether (sulfide) groups is 1. The molecule has 1 heterocycles. The Morgan fingerprint density at radius 1 is 1.67 bits per heavy atom. The number of carbonyl (C=O) groups is 1. The molecule has 2 N–H and O–H groups in total. The van der Waals surface area contributed by atoms with Crippen LogP contribution >= 0.6 is 23.4 Å². The van der Waals surface area contributed by atoms with Crippen LogP contribution in [-0.2, 0) is 0 Å². The molecule has 0 saturated heterocycles. The summed E-state index contributed by atoms with van der Waals surface area (Å²) in [5.74, 6) is -0.346. The third kappa shape index (κ3) is 4.44. The molecule has 0 aromatic carbocycles. The fraction of sp³-hybridized carbons (Fsp3) is 0.545. The molecule has 1 unspecified atom stereocenters. The second kappa shape index (κ2) is 7.56. The van der Waals surface area contributed by atoms with E-state index in [1.54, 1.807) is 0 Å². The maximum Gasteiger partial charge on any atom is 0.271 e. The number of hydrogen-bond acceptors (Lipinski definition) is 5. The van der Waals surface area contributed by atoms with Gasteiger partial charge >= 0.3 is 0 Å². The van der Waals surface area contributed by atoms with E-state index in [4.69, 9.17) is 11.6 Å². The zero-order chi connectivity index (χ0) is 13.5. The Kier molecular flexibility index (Phi) is 6.38. The molecule has 0 radical (unpaired) electrons. The lowest BCUT2D eigenvalue weighted by atomic mass is 10.2. The lowest BCUT2D eigenvalue weighted by molar-refractivity contribution is 0.0936. The summed E-state index contributed by atoms with van der Waals surface area (Å²) in [6.45, 7) is 2.28. The number of hydrogen-bond donors (Lipinski definition) is 2. The molecule has 1 amide bonds. The van der Waals surface area contributed by atoms with Gasteiger partial charge in [-0.05, 0) is 19.1 Å². The Morgan fingerprint density at radius 3 is 3.00 bits per heavy atom. The van der Waals surface area contributed by atoms with Crippen LogP contribution in [0.3, 0.4) is 0 Å². The summed E-state index contributed by atoms with van der Waals surface area (Å²) in [5, 5.41) is 12.8. The van der Waals surface area contributed by atoms with Crippen molar-refractivity contribution in [1.82, 2.24) is 15.3 Å². The number of amides is 1. The SMILES string of the molecule is CCC(O)CCNC(=O)c1nc(SC)ncc1Cl. The summed E-state index contributed by atoms with van der Waals surface area (Å²) >= 11 is 7.21. The first-order valence-electron chi connectivity index (χ1n) is 5.61. The molecule has 0 bridgehead atoms. The van der Waals surface area contributed by atoms with Crippen LogP contribution in [0.1, 0.15) is 30.3 Å². The standard InChI is InChI=1S/C11H16ClN3O2S/c1-3-7(16)4-5-13-10(17)9-8(12)6-14-11(15-9)18-2/h6-7,16H,3-5H2,1-2H3,(H,13,17). The predicted octanol–water partition coefficient (Wildman–Crippen LogP) is 1.74. The quantitative estimate of drug-likeness (QED) is 0.616. The van der Waals surface area contributed by atoms with Gasteiger partial charge in [-0.2, -0.15) is 0 Å². The summed E-state index contributed by atoms with van der Waals surface area (Å²) < 4.78 is 0. The molecule has 0 saturated carbocycles. The van der Waals surface area contributed by atoms with Crippen molar-refractivity contribution >= 4 is 29.3 Å². The number of rotatable bonds is 6. The van der Waals surface area contributed by atoms with Gasteiger partial charge in [0.1, 0.15) is 0 Å². The topological polar surface area (TPSA) is 75.1 Å². The molecular formula is C11H16ClN3O2S. The first kappa shape index (κ1) is 15.2. The van der Waals surface area contributed by atoms with E-state index in [1.165, 1.54) is 18.0 Å². The van der Waals surface area contributed by atoms with Crippen LogP contribution in [0, 0.1) is 0 Å². The Morgan fingerprint density at radius 2 is 2.39 bits per heavy atom. The van der Waals surface area contributed by atoms with E-state index in [1.807, 2.05) is 13.2 Å². The zero-order valence-corrected chi connectivity index (χ0v) is 11.9. The molecule has 0 spiro atoms. The summed E-state index contributed by atoms with van der Waals surface area (Å²) in [5.41, 5.74) is 0.169. The molecule has 1 rings (SSSR count). The number of aliphatic hydroxyl groups is 1. The highest BCUT2D eigenvalue weighted by molar-refractivity contribution is 7.98. The molecule has 0 aliphatic heterocycles. The highest BCUT2D eigenvalue weighted by atomic mass is 35.5. The lowest BCUT2D eigenvalue weighted by Crippen LogP contribution is -2.28.